The van der Waals surface area contributed by atoms with Crippen molar-refractivity contribution in [3.8, 4) is 11.1 Å². The van der Waals surface area contributed by atoms with Crippen LogP contribution in [0.1, 0.15) is 29.8 Å². The lowest BCUT2D eigenvalue weighted by Gasteiger charge is -2.44. The molecule has 2 aliphatic heterocycles. The molecule has 0 saturated carbocycles. The van der Waals surface area contributed by atoms with E-state index in [1.54, 1.807) is 18.3 Å². The summed E-state index contributed by atoms with van der Waals surface area (Å²) in [4.78, 5) is 37.8. The maximum Gasteiger partial charge on any atom is 0.417 e. The number of anilines is 3. The molecular formula is C29H33F4N7O2. The topological polar surface area (TPSA) is 96.6 Å². The van der Waals surface area contributed by atoms with E-state index in [0.717, 1.165) is 38.2 Å². The first-order chi connectivity index (χ1) is 19.9. The molecule has 1 aromatic carbocycles. The number of nitrogens with zero attached hydrogens (tertiary/aromatic N) is 4. The van der Waals surface area contributed by atoms with Crippen molar-refractivity contribution in [2.45, 2.75) is 32.1 Å². The number of benzene rings is 1. The molecule has 0 radical (unpaired) electrons. The highest BCUT2D eigenvalue weighted by Gasteiger charge is 2.36. The molecule has 0 spiro atoms. The van der Waals surface area contributed by atoms with Crippen LogP contribution in [-0.2, 0) is 6.18 Å². The summed E-state index contributed by atoms with van der Waals surface area (Å²) in [5.74, 6) is -0.886. The number of H-pyrrole nitrogens is 1. The normalized spacial score (nSPS) is 20.1. The van der Waals surface area contributed by atoms with Crippen LogP contribution >= 0.6 is 0 Å². The number of hydrogen-bond acceptors (Lipinski definition) is 7. The van der Waals surface area contributed by atoms with Crippen molar-refractivity contribution in [3.63, 3.8) is 0 Å². The number of amides is 1. The molecule has 2 aromatic heterocycles. The molecular weight excluding hydrogens is 554 g/mol. The summed E-state index contributed by atoms with van der Waals surface area (Å²) < 4.78 is 56.9. The summed E-state index contributed by atoms with van der Waals surface area (Å²) in [7, 11) is 1.99. The lowest BCUT2D eigenvalue weighted by molar-refractivity contribution is -0.138. The molecule has 224 valence electrons. The molecule has 4 heterocycles. The lowest BCUT2D eigenvalue weighted by Crippen LogP contribution is -2.55. The molecule has 9 nitrogen and oxygen atoms in total. The van der Waals surface area contributed by atoms with Gasteiger partial charge in [0.1, 0.15) is 11.6 Å². The number of aromatic nitrogens is 2. The quantitative estimate of drug-likeness (QED) is 0.391. The van der Waals surface area contributed by atoms with Crippen molar-refractivity contribution in [2.24, 2.45) is 0 Å². The second kappa shape index (κ2) is 11.7. The summed E-state index contributed by atoms with van der Waals surface area (Å²) in [5, 5.41) is 5.86. The van der Waals surface area contributed by atoms with Crippen molar-refractivity contribution < 1.29 is 22.4 Å². The third kappa shape index (κ3) is 6.12. The summed E-state index contributed by atoms with van der Waals surface area (Å²) >= 11 is 0. The number of rotatable bonds is 5. The fraction of sp³-hybridized carbons (Fsp3) is 0.414. The standard InChI is InChI=1S/C29H33F4N7O2/c1-17-15-40(16-18(2)38(17)3)25-12-23(30)20(19-4-5-26(35-13-19)39-8-6-34-7-9-39)10-24(25)37-28(42)21-14-36-27(41)11-22(21)29(31,32)33/h4-5,10-14,17-18,34H,6-9,15-16H2,1-3H3,(H,36,41)(H,37,42)/t17-,18+. The van der Waals surface area contributed by atoms with Crippen LogP contribution in [0, 0.1) is 5.82 Å². The smallest absolute Gasteiger partial charge is 0.367 e. The molecule has 2 aliphatic rings. The number of halogens is 4. The van der Waals surface area contributed by atoms with Gasteiger partial charge in [-0.25, -0.2) is 9.37 Å². The van der Waals surface area contributed by atoms with Crippen LogP contribution in [0.4, 0.5) is 34.8 Å². The number of alkyl halides is 3. The van der Waals surface area contributed by atoms with E-state index in [-0.39, 0.29) is 23.3 Å². The van der Waals surface area contributed by atoms with E-state index >= 15 is 4.39 Å². The molecule has 5 rings (SSSR count). The molecule has 2 atom stereocenters. The van der Waals surface area contributed by atoms with Crippen molar-refractivity contribution in [1.82, 2.24) is 20.2 Å². The van der Waals surface area contributed by atoms with Gasteiger partial charge in [0.15, 0.2) is 0 Å². The van der Waals surface area contributed by atoms with Gasteiger partial charge >= 0.3 is 6.18 Å². The first kappa shape index (κ1) is 29.5. The van der Waals surface area contributed by atoms with E-state index in [4.69, 9.17) is 0 Å². The number of likely N-dealkylation sites (N-methyl/N-ethyl adjacent to an activating group) is 1. The van der Waals surface area contributed by atoms with Crippen LogP contribution in [0.25, 0.3) is 11.1 Å². The van der Waals surface area contributed by atoms with Crippen LogP contribution in [0.2, 0.25) is 0 Å². The number of carbonyl (C=O) groups excluding carboxylic acids is 1. The minimum Gasteiger partial charge on any atom is -0.367 e. The van der Waals surface area contributed by atoms with Gasteiger partial charge in [-0.15, -0.1) is 0 Å². The first-order valence-corrected chi connectivity index (χ1v) is 13.8. The Kier molecular flexibility index (Phi) is 8.24. The zero-order valence-corrected chi connectivity index (χ0v) is 23.6. The second-order valence-electron chi connectivity index (χ2n) is 10.8. The van der Waals surface area contributed by atoms with Crippen LogP contribution < -0.4 is 26.0 Å². The Morgan fingerprint density at radius 1 is 1.05 bits per heavy atom. The number of aromatic amines is 1. The Morgan fingerprint density at radius 3 is 2.36 bits per heavy atom. The molecule has 13 heteroatoms. The van der Waals surface area contributed by atoms with Crippen molar-refractivity contribution in [1.29, 1.82) is 0 Å². The molecule has 42 heavy (non-hydrogen) atoms. The Morgan fingerprint density at radius 2 is 1.74 bits per heavy atom. The maximum absolute atomic E-state index is 15.7. The highest BCUT2D eigenvalue weighted by Crippen LogP contribution is 2.37. The predicted octanol–water partition coefficient (Wildman–Crippen LogP) is 3.79. The third-order valence-corrected chi connectivity index (χ3v) is 8.01. The Hall–Kier alpha value is -3.97. The van der Waals surface area contributed by atoms with Crippen LogP contribution in [0.3, 0.4) is 0 Å². The zero-order valence-electron chi connectivity index (χ0n) is 23.6. The molecule has 1 amide bonds. The van der Waals surface area contributed by atoms with E-state index in [1.165, 1.54) is 12.1 Å². The number of pyridine rings is 2. The number of hydrogen-bond donors (Lipinski definition) is 3. The summed E-state index contributed by atoms with van der Waals surface area (Å²) in [6.45, 7) is 8.30. The summed E-state index contributed by atoms with van der Waals surface area (Å²) in [6, 6.07) is 6.80. The van der Waals surface area contributed by atoms with Crippen LogP contribution in [0.5, 0.6) is 0 Å². The van der Waals surface area contributed by atoms with E-state index in [9.17, 15) is 22.8 Å². The summed E-state index contributed by atoms with van der Waals surface area (Å²) in [6.07, 6.45) is -2.65. The van der Waals surface area contributed by atoms with Gasteiger partial charge in [-0.05, 0) is 45.2 Å². The molecule has 0 aliphatic carbocycles. The number of carbonyl (C=O) groups is 1. The van der Waals surface area contributed by atoms with Gasteiger partial charge in [0, 0.05) is 80.9 Å². The Labute approximate surface area is 240 Å². The van der Waals surface area contributed by atoms with Crippen LogP contribution in [0.15, 0.2) is 47.5 Å². The van der Waals surface area contributed by atoms with Gasteiger partial charge in [0.05, 0.1) is 22.5 Å². The average Bonchev–Trinajstić information content (AvgIpc) is 2.96. The largest absolute Gasteiger partial charge is 0.417 e. The number of nitrogens with one attached hydrogen (secondary N) is 3. The minimum absolute atomic E-state index is 0.0952. The van der Waals surface area contributed by atoms with E-state index in [0.29, 0.717) is 30.4 Å². The first-order valence-electron chi connectivity index (χ1n) is 13.8. The monoisotopic (exact) mass is 587 g/mol. The van der Waals surface area contributed by atoms with Crippen molar-refractivity contribution in [3.05, 3.63) is 70.0 Å². The highest BCUT2D eigenvalue weighted by atomic mass is 19.4. The van der Waals surface area contributed by atoms with Gasteiger partial charge in [-0.2, -0.15) is 13.2 Å². The minimum atomic E-state index is -4.93. The average molecular weight is 588 g/mol. The van der Waals surface area contributed by atoms with Crippen molar-refractivity contribution >= 4 is 23.1 Å². The maximum atomic E-state index is 15.7. The molecule has 0 unspecified atom stereocenters. The third-order valence-electron chi connectivity index (χ3n) is 8.01. The van der Waals surface area contributed by atoms with E-state index in [1.807, 2.05) is 25.8 Å². The molecule has 3 aromatic rings. The fourth-order valence-electron chi connectivity index (χ4n) is 5.46. The highest BCUT2D eigenvalue weighted by molar-refractivity contribution is 6.07. The fourth-order valence-corrected chi connectivity index (χ4v) is 5.46. The van der Waals surface area contributed by atoms with Gasteiger partial charge < -0.3 is 25.4 Å². The molecule has 0 bridgehead atoms. The number of piperazine rings is 2. The Bertz CT molecular complexity index is 1490. The Balaban J connectivity index is 1.54. The molecule has 2 saturated heterocycles. The molecule has 2 fully saturated rings. The van der Waals surface area contributed by atoms with Gasteiger partial charge in [0.25, 0.3) is 5.91 Å². The molecule has 3 N–H and O–H groups in total. The van der Waals surface area contributed by atoms with Gasteiger partial charge in [-0.3, -0.25) is 14.5 Å². The van der Waals surface area contributed by atoms with Gasteiger partial charge in [-0.1, -0.05) is 0 Å². The predicted molar refractivity (Wildman–Crippen MR) is 154 cm³/mol. The zero-order chi connectivity index (χ0) is 30.2. The van der Waals surface area contributed by atoms with Crippen LogP contribution in [-0.4, -0.2) is 79.2 Å². The summed E-state index contributed by atoms with van der Waals surface area (Å²) in [5.41, 5.74) is -2.01. The van der Waals surface area contributed by atoms with E-state index in [2.05, 4.69) is 30.4 Å². The van der Waals surface area contributed by atoms with Crippen molar-refractivity contribution in [2.75, 3.05) is 61.4 Å². The lowest BCUT2D eigenvalue weighted by atomic mass is 10.0. The second-order valence-corrected chi connectivity index (χ2v) is 10.8. The van der Waals surface area contributed by atoms with Gasteiger partial charge in [0.2, 0.25) is 5.56 Å². The van der Waals surface area contributed by atoms with E-state index < -0.39 is 34.6 Å². The SMILES string of the molecule is C[C@@H]1CN(c2cc(F)c(-c3ccc(N4CCNCC4)nc3)cc2NC(=O)c2c[nH]c(=O)cc2C(F)(F)F)C[C@H](C)N1C.